The van der Waals surface area contributed by atoms with Crippen LogP contribution in [0.3, 0.4) is 0 Å². The number of hydrogen-bond acceptors (Lipinski definition) is 3. The Labute approximate surface area is 127 Å². The number of likely N-dealkylation sites (tertiary alicyclic amines) is 1. The highest BCUT2D eigenvalue weighted by Gasteiger charge is 2.17. The van der Waals surface area contributed by atoms with E-state index >= 15 is 0 Å². The fourth-order valence-corrected chi connectivity index (χ4v) is 2.58. The lowest BCUT2D eigenvalue weighted by Gasteiger charge is -2.32. The first-order valence-corrected chi connectivity index (χ1v) is 7.85. The monoisotopic (exact) mass is 290 g/mol. The molecule has 0 radical (unpaired) electrons. The van der Waals surface area contributed by atoms with E-state index in [1.165, 1.54) is 24.8 Å². The van der Waals surface area contributed by atoms with Crippen LogP contribution in [0.15, 0.2) is 24.3 Å². The average Bonchev–Trinajstić information content (AvgIpc) is 2.53. The highest BCUT2D eigenvalue weighted by molar-refractivity contribution is 5.77. The van der Waals surface area contributed by atoms with Crippen LogP contribution in [-0.2, 0) is 4.79 Å². The van der Waals surface area contributed by atoms with Gasteiger partial charge in [0.05, 0.1) is 0 Å². The molecule has 1 saturated heterocycles. The molecular weight excluding hydrogens is 264 g/mol. The van der Waals surface area contributed by atoms with Crippen molar-refractivity contribution >= 4 is 5.91 Å². The van der Waals surface area contributed by atoms with Crippen molar-refractivity contribution in [3.05, 3.63) is 29.8 Å². The Morgan fingerprint density at radius 3 is 2.57 bits per heavy atom. The molecule has 116 valence electrons. The van der Waals surface area contributed by atoms with Crippen LogP contribution in [0.5, 0.6) is 5.75 Å². The molecule has 1 aromatic rings. The molecule has 1 N–H and O–H groups in total. The van der Waals surface area contributed by atoms with Gasteiger partial charge in [-0.1, -0.05) is 24.1 Å². The minimum absolute atomic E-state index is 0.0561. The van der Waals surface area contributed by atoms with Crippen LogP contribution in [0.4, 0.5) is 0 Å². The molecule has 1 aliphatic rings. The Kier molecular flexibility index (Phi) is 6.05. The molecule has 1 heterocycles. The first-order valence-electron chi connectivity index (χ1n) is 7.85. The van der Waals surface area contributed by atoms with Gasteiger partial charge in [0.15, 0.2) is 6.61 Å². The lowest BCUT2D eigenvalue weighted by molar-refractivity contribution is -0.123. The van der Waals surface area contributed by atoms with Crippen molar-refractivity contribution in [1.82, 2.24) is 10.2 Å². The van der Waals surface area contributed by atoms with Crippen molar-refractivity contribution in [3.8, 4) is 5.75 Å². The smallest absolute Gasteiger partial charge is 0.257 e. The summed E-state index contributed by atoms with van der Waals surface area (Å²) >= 11 is 0. The highest BCUT2D eigenvalue weighted by atomic mass is 16.5. The van der Waals surface area contributed by atoms with Gasteiger partial charge in [0, 0.05) is 12.6 Å². The Hall–Kier alpha value is -1.55. The predicted octanol–water partition coefficient (Wildman–Crippen LogP) is 2.36. The van der Waals surface area contributed by atoms with Crippen molar-refractivity contribution in [3.63, 3.8) is 0 Å². The van der Waals surface area contributed by atoms with Gasteiger partial charge in [0.2, 0.25) is 0 Å². The standard InChI is InChI=1S/C17H26N2O2/c1-14-6-8-16(9-7-14)21-13-17(20)18-12-15(2)19-10-4-3-5-11-19/h6-9,15H,3-5,10-13H2,1-2H3,(H,18,20). The second-order valence-electron chi connectivity index (χ2n) is 5.85. The van der Waals surface area contributed by atoms with Gasteiger partial charge in [-0.3, -0.25) is 9.69 Å². The first-order chi connectivity index (χ1) is 10.1. The Morgan fingerprint density at radius 1 is 1.24 bits per heavy atom. The number of carbonyl (C=O) groups is 1. The largest absolute Gasteiger partial charge is 0.484 e. The zero-order valence-electron chi connectivity index (χ0n) is 13.1. The van der Waals surface area contributed by atoms with Crippen LogP contribution < -0.4 is 10.1 Å². The number of hydrogen-bond donors (Lipinski definition) is 1. The van der Waals surface area contributed by atoms with Crippen molar-refractivity contribution in [2.75, 3.05) is 26.2 Å². The summed E-state index contributed by atoms with van der Waals surface area (Å²) in [6.45, 7) is 7.27. The Balaban J connectivity index is 1.66. The third-order valence-corrected chi connectivity index (χ3v) is 4.00. The summed E-state index contributed by atoms with van der Waals surface area (Å²) in [6, 6.07) is 8.13. The number of carbonyl (C=O) groups excluding carboxylic acids is 1. The summed E-state index contributed by atoms with van der Waals surface area (Å²) in [4.78, 5) is 14.3. The van der Waals surface area contributed by atoms with Gasteiger partial charge in [-0.25, -0.2) is 0 Å². The van der Waals surface area contributed by atoms with Gasteiger partial charge in [0.1, 0.15) is 5.75 Å². The van der Waals surface area contributed by atoms with E-state index in [-0.39, 0.29) is 12.5 Å². The number of aryl methyl sites for hydroxylation is 1. The molecule has 1 amide bonds. The van der Waals surface area contributed by atoms with Gasteiger partial charge in [0.25, 0.3) is 5.91 Å². The maximum Gasteiger partial charge on any atom is 0.257 e. The highest BCUT2D eigenvalue weighted by Crippen LogP contribution is 2.12. The summed E-state index contributed by atoms with van der Waals surface area (Å²) in [6.07, 6.45) is 3.88. The van der Waals surface area contributed by atoms with E-state index < -0.39 is 0 Å². The van der Waals surface area contributed by atoms with Crippen LogP contribution in [0.1, 0.15) is 31.7 Å². The minimum atomic E-state index is -0.0561. The Bertz CT molecular complexity index is 439. The maximum atomic E-state index is 11.8. The number of rotatable bonds is 6. The molecule has 2 rings (SSSR count). The summed E-state index contributed by atoms with van der Waals surface area (Å²) in [7, 11) is 0. The molecule has 0 aromatic heterocycles. The van der Waals surface area contributed by atoms with Crippen LogP contribution in [0.25, 0.3) is 0 Å². The van der Waals surface area contributed by atoms with Crippen LogP contribution >= 0.6 is 0 Å². The maximum absolute atomic E-state index is 11.8. The van der Waals surface area contributed by atoms with Gasteiger partial charge in [-0.15, -0.1) is 0 Å². The van der Waals surface area contributed by atoms with Gasteiger partial charge in [-0.05, 0) is 51.9 Å². The molecule has 4 heteroatoms. The number of amides is 1. The van der Waals surface area contributed by atoms with E-state index in [0.29, 0.717) is 12.6 Å². The fraction of sp³-hybridized carbons (Fsp3) is 0.588. The zero-order valence-corrected chi connectivity index (χ0v) is 13.1. The van der Waals surface area contributed by atoms with Crippen LogP contribution in [0.2, 0.25) is 0 Å². The molecule has 1 atom stereocenters. The Morgan fingerprint density at radius 2 is 1.90 bits per heavy atom. The van der Waals surface area contributed by atoms with Crippen LogP contribution in [-0.4, -0.2) is 43.1 Å². The summed E-state index contributed by atoms with van der Waals surface area (Å²) in [5.74, 6) is 0.680. The van der Waals surface area contributed by atoms with E-state index in [1.807, 2.05) is 31.2 Å². The summed E-state index contributed by atoms with van der Waals surface area (Å²) < 4.78 is 5.47. The second-order valence-corrected chi connectivity index (χ2v) is 5.85. The van der Waals surface area contributed by atoms with Crippen LogP contribution in [0, 0.1) is 6.92 Å². The van der Waals surface area contributed by atoms with Crippen molar-refractivity contribution in [2.24, 2.45) is 0 Å². The van der Waals surface area contributed by atoms with Gasteiger partial charge in [-0.2, -0.15) is 0 Å². The number of piperidine rings is 1. The van der Waals surface area contributed by atoms with E-state index in [4.69, 9.17) is 4.74 Å². The number of nitrogens with one attached hydrogen (secondary N) is 1. The minimum Gasteiger partial charge on any atom is -0.484 e. The van der Waals surface area contributed by atoms with Crippen molar-refractivity contribution < 1.29 is 9.53 Å². The van der Waals surface area contributed by atoms with Gasteiger partial charge < -0.3 is 10.1 Å². The fourth-order valence-electron chi connectivity index (χ4n) is 2.58. The third-order valence-electron chi connectivity index (χ3n) is 4.00. The number of ether oxygens (including phenoxy) is 1. The van der Waals surface area contributed by atoms with E-state index in [2.05, 4.69) is 17.1 Å². The second kappa shape index (κ2) is 8.03. The molecule has 4 nitrogen and oxygen atoms in total. The normalized spacial score (nSPS) is 17.2. The molecule has 1 aliphatic heterocycles. The molecule has 0 bridgehead atoms. The molecule has 0 spiro atoms. The first kappa shape index (κ1) is 15.8. The van der Waals surface area contributed by atoms with E-state index in [1.54, 1.807) is 0 Å². The number of benzene rings is 1. The molecule has 1 aromatic carbocycles. The molecule has 0 saturated carbocycles. The van der Waals surface area contributed by atoms with Crippen molar-refractivity contribution in [1.29, 1.82) is 0 Å². The molecule has 0 aliphatic carbocycles. The third kappa shape index (κ3) is 5.38. The SMILES string of the molecule is Cc1ccc(OCC(=O)NCC(C)N2CCCCC2)cc1. The molecule has 1 fully saturated rings. The molecular formula is C17H26N2O2. The zero-order chi connectivity index (χ0) is 15.1. The summed E-state index contributed by atoms with van der Waals surface area (Å²) in [5, 5.41) is 2.96. The lowest BCUT2D eigenvalue weighted by atomic mass is 10.1. The quantitative estimate of drug-likeness (QED) is 0.874. The lowest BCUT2D eigenvalue weighted by Crippen LogP contribution is -2.45. The van der Waals surface area contributed by atoms with E-state index in [9.17, 15) is 4.79 Å². The average molecular weight is 290 g/mol. The summed E-state index contributed by atoms with van der Waals surface area (Å²) in [5.41, 5.74) is 1.18. The molecule has 21 heavy (non-hydrogen) atoms. The predicted molar refractivity (Wildman–Crippen MR) is 84.6 cm³/mol. The van der Waals surface area contributed by atoms with Gasteiger partial charge >= 0.3 is 0 Å². The molecule has 1 unspecified atom stereocenters. The van der Waals surface area contributed by atoms with Crippen molar-refractivity contribution in [2.45, 2.75) is 39.2 Å². The van der Waals surface area contributed by atoms with E-state index in [0.717, 1.165) is 18.8 Å². The topological polar surface area (TPSA) is 41.6 Å². The number of nitrogens with zero attached hydrogens (tertiary/aromatic N) is 1.